The van der Waals surface area contributed by atoms with Crippen molar-refractivity contribution in [1.29, 1.82) is 0 Å². The number of nitrogens with zero attached hydrogens (tertiary/aromatic N) is 3. The van der Waals surface area contributed by atoms with Crippen molar-refractivity contribution in [2.75, 3.05) is 0 Å². The standard InChI is InChI=1S/C19H15Br2Cl2N3O2/c20-9-13(21)8-19(27,10-26-12-24-11-25-26)17-6-5-16(7-18(17)23)28-15-3-1-14(22)2-4-15/h1-7,9,11-12,27H,8,10H2/b13-9-. The summed E-state index contributed by atoms with van der Waals surface area (Å²) in [5.41, 5.74) is -0.758. The summed E-state index contributed by atoms with van der Waals surface area (Å²) in [7, 11) is 0. The van der Waals surface area contributed by atoms with E-state index in [9.17, 15) is 5.11 Å². The van der Waals surface area contributed by atoms with Gasteiger partial charge in [0.1, 0.15) is 29.8 Å². The van der Waals surface area contributed by atoms with Gasteiger partial charge in [-0.3, -0.25) is 0 Å². The summed E-state index contributed by atoms with van der Waals surface area (Å²) in [6.07, 6.45) is 3.25. The number of hydrogen-bond donors (Lipinski definition) is 1. The molecule has 2 aromatic carbocycles. The Labute approximate surface area is 189 Å². The highest BCUT2D eigenvalue weighted by atomic mass is 79.9. The highest BCUT2D eigenvalue weighted by Crippen LogP contribution is 2.39. The van der Waals surface area contributed by atoms with Crippen LogP contribution in [0.2, 0.25) is 10.0 Å². The molecule has 1 N–H and O–H groups in total. The molecule has 3 aromatic rings. The van der Waals surface area contributed by atoms with E-state index in [0.717, 1.165) is 4.48 Å². The third kappa shape index (κ3) is 5.36. The van der Waals surface area contributed by atoms with E-state index in [1.54, 1.807) is 58.5 Å². The molecule has 0 bridgehead atoms. The fraction of sp³-hybridized carbons (Fsp3) is 0.158. The summed E-state index contributed by atoms with van der Waals surface area (Å²) in [5.74, 6) is 1.19. The zero-order valence-electron chi connectivity index (χ0n) is 14.4. The van der Waals surface area contributed by atoms with Crippen LogP contribution in [0.4, 0.5) is 0 Å². The van der Waals surface area contributed by atoms with Crippen molar-refractivity contribution in [2.24, 2.45) is 0 Å². The lowest BCUT2D eigenvalue weighted by molar-refractivity contribution is 0.0172. The molecular formula is C19H15Br2Cl2N3O2. The minimum atomic E-state index is -1.31. The molecule has 1 aromatic heterocycles. The molecule has 0 radical (unpaired) electrons. The number of benzene rings is 2. The van der Waals surface area contributed by atoms with Gasteiger partial charge in [0.15, 0.2) is 0 Å². The largest absolute Gasteiger partial charge is 0.457 e. The van der Waals surface area contributed by atoms with Crippen LogP contribution in [-0.2, 0) is 12.1 Å². The average Bonchev–Trinajstić information content (AvgIpc) is 3.16. The lowest BCUT2D eigenvalue weighted by Crippen LogP contribution is -2.32. The first-order chi connectivity index (χ1) is 13.4. The van der Waals surface area contributed by atoms with E-state index in [2.05, 4.69) is 41.9 Å². The molecule has 1 unspecified atom stereocenters. The third-order valence-corrected chi connectivity index (χ3v) is 6.20. The number of halogens is 4. The normalized spacial score (nSPS) is 14.0. The first kappa shape index (κ1) is 21.3. The molecule has 0 aliphatic carbocycles. The van der Waals surface area contributed by atoms with E-state index in [1.165, 1.54) is 6.33 Å². The van der Waals surface area contributed by atoms with E-state index in [4.69, 9.17) is 27.9 Å². The second-order valence-electron chi connectivity index (χ2n) is 6.06. The Morgan fingerprint density at radius 1 is 1.18 bits per heavy atom. The first-order valence-corrected chi connectivity index (χ1v) is 10.6. The molecule has 5 nitrogen and oxygen atoms in total. The topological polar surface area (TPSA) is 60.2 Å². The Kier molecular flexibility index (Phi) is 7.17. The second kappa shape index (κ2) is 9.41. The summed E-state index contributed by atoms with van der Waals surface area (Å²) in [5, 5.41) is 16.5. The maximum atomic E-state index is 11.4. The van der Waals surface area contributed by atoms with Crippen LogP contribution >= 0.6 is 55.1 Å². The summed E-state index contributed by atoms with van der Waals surface area (Å²) in [6, 6.07) is 12.2. The van der Waals surface area contributed by atoms with Crippen molar-refractivity contribution in [3.05, 3.63) is 80.2 Å². The van der Waals surface area contributed by atoms with Crippen molar-refractivity contribution in [1.82, 2.24) is 14.8 Å². The molecule has 0 aliphatic rings. The van der Waals surface area contributed by atoms with Gasteiger partial charge in [0.25, 0.3) is 0 Å². The zero-order chi connectivity index (χ0) is 20.1. The Balaban J connectivity index is 1.90. The molecule has 9 heteroatoms. The molecule has 1 heterocycles. The smallest absolute Gasteiger partial charge is 0.137 e. The maximum absolute atomic E-state index is 11.4. The van der Waals surface area contributed by atoms with Crippen LogP contribution in [0.15, 0.2) is 64.6 Å². The summed E-state index contributed by atoms with van der Waals surface area (Å²) >= 11 is 19.1. The molecule has 28 heavy (non-hydrogen) atoms. The minimum Gasteiger partial charge on any atom is -0.457 e. The maximum Gasteiger partial charge on any atom is 0.137 e. The minimum absolute atomic E-state index is 0.181. The first-order valence-electron chi connectivity index (χ1n) is 8.12. The molecule has 0 spiro atoms. The molecule has 0 saturated carbocycles. The average molecular weight is 548 g/mol. The highest BCUT2D eigenvalue weighted by molar-refractivity contribution is 9.14. The highest BCUT2D eigenvalue weighted by Gasteiger charge is 2.33. The van der Waals surface area contributed by atoms with Gasteiger partial charge in [-0.25, -0.2) is 9.67 Å². The number of aliphatic hydroxyl groups is 1. The van der Waals surface area contributed by atoms with Crippen molar-refractivity contribution in [3.63, 3.8) is 0 Å². The van der Waals surface area contributed by atoms with Crippen LogP contribution in [0.1, 0.15) is 12.0 Å². The van der Waals surface area contributed by atoms with Gasteiger partial charge in [0, 0.05) is 21.5 Å². The molecule has 0 fully saturated rings. The number of ether oxygens (including phenoxy) is 1. The van der Waals surface area contributed by atoms with Gasteiger partial charge in [-0.2, -0.15) is 5.10 Å². The Morgan fingerprint density at radius 3 is 2.50 bits per heavy atom. The monoisotopic (exact) mass is 545 g/mol. The van der Waals surface area contributed by atoms with E-state index in [0.29, 0.717) is 27.1 Å². The third-order valence-electron chi connectivity index (χ3n) is 3.96. The van der Waals surface area contributed by atoms with Crippen LogP contribution in [0.5, 0.6) is 11.5 Å². The molecular weight excluding hydrogens is 533 g/mol. The Bertz CT molecular complexity index is 966. The van der Waals surface area contributed by atoms with Crippen molar-refractivity contribution < 1.29 is 9.84 Å². The summed E-state index contributed by atoms with van der Waals surface area (Å²) in [4.78, 5) is 5.63. The van der Waals surface area contributed by atoms with Crippen molar-refractivity contribution in [2.45, 2.75) is 18.6 Å². The van der Waals surface area contributed by atoms with Crippen LogP contribution in [-0.4, -0.2) is 19.9 Å². The van der Waals surface area contributed by atoms with Crippen LogP contribution in [0.25, 0.3) is 0 Å². The van der Waals surface area contributed by atoms with Gasteiger partial charge < -0.3 is 9.84 Å². The number of rotatable bonds is 7. The number of hydrogen-bond acceptors (Lipinski definition) is 4. The van der Waals surface area contributed by atoms with Crippen molar-refractivity contribution in [3.8, 4) is 11.5 Å². The predicted octanol–water partition coefficient (Wildman–Crippen LogP) is 6.29. The Morgan fingerprint density at radius 2 is 1.89 bits per heavy atom. The Hall–Kier alpha value is -1.38. The van der Waals surface area contributed by atoms with Crippen LogP contribution < -0.4 is 4.74 Å². The predicted molar refractivity (Wildman–Crippen MR) is 117 cm³/mol. The van der Waals surface area contributed by atoms with Gasteiger partial charge in [0.2, 0.25) is 0 Å². The molecule has 146 valence electrons. The molecule has 0 aliphatic heterocycles. The van der Waals surface area contributed by atoms with E-state index < -0.39 is 5.60 Å². The molecule has 3 rings (SSSR count). The SMILES string of the molecule is OC(C/C(Br)=C/Br)(Cn1cncn1)c1ccc(Oc2ccc(Cl)cc2)cc1Cl. The quantitative estimate of drug-likeness (QED) is 0.378. The van der Waals surface area contributed by atoms with Gasteiger partial charge in [-0.15, -0.1) is 0 Å². The van der Waals surface area contributed by atoms with E-state index >= 15 is 0 Å². The van der Waals surface area contributed by atoms with E-state index in [-0.39, 0.29) is 13.0 Å². The lowest BCUT2D eigenvalue weighted by atomic mass is 9.90. The van der Waals surface area contributed by atoms with Crippen LogP contribution in [0.3, 0.4) is 0 Å². The van der Waals surface area contributed by atoms with Gasteiger partial charge in [-0.1, -0.05) is 61.1 Å². The second-order valence-corrected chi connectivity index (χ2v) is 8.38. The molecule has 0 saturated heterocycles. The fourth-order valence-electron chi connectivity index (χ4n) is 2.71. The number of aromatic nitrogens is 3. The van der Waals surface area contributed by atoms with Gasteiger partial charge in [0.05, 0.1) is 11.6 Å². The summed E-state index contributed by atoms with van der Waals surface area (Å²) < 4.78 is 8.14. The zero-order valence-corrected chi connectivity index (χ0v) is 19.1. The summed E-state index contributed by atoms with van der Waals surface area (Å²) in [6.45, 7) is 0.181. The van der Waals surface area contributed by atoms with Gasteiger partial charge >= 0.3 is 0 Å². The lowest BCUT2D eigenvalue weighted by Gasteiger charge is -2.29. The van der Waals surface area contributed by atoms with Crippen molar-refractivity contribution >= 4 is 55.1 Å². The fourth-order valence-corrected chi connectivity index (χ4v) is 3.81. The van der Waals surface area contributed by atoms with Crippen LogP contribution in [0, 0.1) is 0 Å². The van der Waals surface area contributed by atoms with E-state index in [1.807, 2.05) is 0 Å². The molecule has 0 amide bonds. The molecule has 1 atom stereocenters. The van der Waals surface area contributed by atoms with Gasteiger partial charge in [-0.05, 0) is 41.4 Å².